The van der Waals surface area contributed by atoms with Crippen LogP contribution in [0.25, 0.3) is 11.1 Å². The number of nitrogens with one attached hydrogen (secondary N) is 2. The Morgan fingerprint density at radius 1 is 1.03 bits per heavy atom. The van der Waals surface area contributed by atoms with E-state index in [0.29, 0.717) is 21.9 Å². The van der Waals surface area contributed by atoms with Gasteiger partial charge in [0.25, 0.3) is 0 Å². The quantitative estimate of drug-likeness (QED) is 0.554. The Balaban J connectivity index is 1.75. The van der Waals surface area contributed by atoms with Gasteiger partial charge >= 0.3 is 6.18 Å². The molecule has 156 valence electrons. The number of sulfonamides is 1. The highest BCUT2D eigenvalue weighted by Crippen LogP contribution is 2.23. The van der Waals surface area contributed by atoms with Crippen molar-refractivity contribution in [2.75, 3.05) is 11.9 Å². The molecule has 2 N–H and O–H groups in total. The van der Waals surface area contributed by atoms with Gasteiger partial charge < -0.3 is 5.32 Å². The lowest BCUT2D eigenvalue weighted by Crippen LogP contribution is -2.33. The highest BCUT2D eigenvalue weighted by molar-refractivity contribution is 7.89. The van der Waals surface area contributed by atoms with Gasteiger partial charge in [-0.15, -0.1) is 0 Å². The molecule has 0 saturated heterocycles. The van der Waals surface area contributed by atoms with Gasteiger partial charge in [-0.3, -0.25) is 4.98 Å². The molecule has 0 aliphatic heterocycles. The van der Waals surface area contributed by atoms with Crippen LogP contribution in [0.3, 0.4) is 0 Å². The third-order valence-electron chi connectivity index (χ3n) is 3.87. The number of halogens is 3. The van der Waals surface area contributed by atoms with E-state index in [1.54, 1.807) is 47.4 Å². The molecule has 0 radical (unpaired) electrons. The minimum atomic E-state index is -4.65. The highest BCUT2D eigenvalue weighted by Gasteiger charge is 2.30. The van der Waals surface area contributed by atoms with Crippen LogP contribution in [-0.2, 0) is 10.0 Å². The average molecular weight is 452 g/mol. The molecule has 1 aromatic carbocycles. The maximum Gasteiger partial charge on any atom is 0.402 e. The third kappa shape index (κ3) is 5.81. The summed E-state index contributed by atoms with van der Waals surface area (Å²) in [7, 11) is -4.30. The molecule has 0 bridgehead atoms. The van der Waals surface area contributed by atoms with E-state index in [-0.39, 0.29) is 4.90 Å². The standard InChI is InChI=1S/C19H15F3N4O2S2/c20-19(21,22)12-25-30(27,28)16-5-1-3-13(9-16)14-6-7-17(24-11-14)26-18(29)15-4-2-8-23-10-15/h1-11,25H,12H2,(H,24,26,29). The van der Waals surface area contributed by atoms with Gasteiger partial charge in [0.05, 0.1) is 4.90 Å². The molecule has 0 amide bonds. The Bertz CT molecular complexity index is 1140. The van der Waals surface area contributed by atoms with Gasteiger partial charge in [-0.05, 0) is 42.0 Å². The Kier molecular flexibility index (Phi) is 6.44. The minimum absolute atomic E-state index is 0.274. The number of alkyl halides is 3. The third-order valence-corrected chi connectivity index (χ3v) is 5.61. The number of thiocarbonyl (C=S) groups is 1. The minimum Gasteiger partial charge on any atom is -0.331 e. The number of hydrogen-bond acceptors (Lipinski definition) is 5. The van der Waals surface area contributed by atoms with Crippen molar-refractivity contribution in [3.63, 3.8) is 0 Å². The number of aromatic nitrogens is 2. The maximum absolute atomic E-state index is 12.3. The van der Waals surface area contributed by atoms with Gasteiger partial charge in [0.2, 0.25) is 10.0 Å². The zero-order valence-electron chi connectivity index (χ0n) is 15.2. The molecular formula is C19H15F3N4O2S2. The molecular weight excluding hydrogens is 437 g/mol. The van der Waals surface area contributed by atoms with Crippen LogP contribution in [0.2, 0.25) is 0 Å². The number of anilines is 1. The molecule has 2 heterocycles. The van der Waals surface area contributed by atoms with E-state index in [4.69, 9.17) is 12.2 Å². The molecule has 3 rings (SSSR count). The summed E-state index contributed by atoms with van der Waals surface area (Å²) in [6.07, 6.45) is 0.103. The van der Waals surface area contributed by atoms with Crippen molar-refractivity contribution in [1.29, 1.82) is 0 Å². The number of benzene rings is 1. The van der Waals surface area contributed by atoms with Crippen LogP contribution < -0.4 is 10.0 Å². The van der Waals surface area contributed by atoms with Gasteiger partial charge in [0.15, 0.2) is 0 Å². The molecule has 0 spiro atoms. The second kappa shape index (κ2) is 8.86. The van der Waals surface area contributed by atoms with Crippen molar-refractivity contribution in [1.82, 2.24) is 14.7 Å². The first-order valence-electron chi connectivity index (χ1n) is 8.48. The molecule has 0 saturated carbocycles. The predicted molar refractivity (Wildman–Crippen MR) is 110 cm³/mol. The lowest BCUT2D eigenvalue weighted by molar-refractivity contribution is -0.121. The monoisotopic (exact) mass is 452 g/mol. The molecule has 0 aliphatic carbocycles. The zero-order chi connectivity index (χ0) is 21.8. The summed E-state index contributed by atoms with van der Waals surface area (Å²) in [5.74, 6) is 0.475. The van der Waals surface area contributed by atoms with Crippen LogP contribution in [-0.4, -0.2) is 36.1 Å². The summed E-state index contributed by atoms with van der Waals surface area (Å²) in [4.78, 5) is 8.40. The van der Waals surface area contributed by atoms with Crippen LogP contribution in [0, 0.1) is 0 Å². The van der Waals surface area contributed by atoms with Gasteiger partial charge in [-0.2, -0.15) is 13.2 Å². The summed E-state index contributed by atoms with van der Waals surface area (Å²) in [5.41, 5.74) is 1.79. The molecule has 0 atom stereocenters. The summed E-state index contributed by atoms with van der Waals surface area (Å²) in [6.45, 7) is -1.64. The SMILES string of the molecule is O=S(=O)(NCC(F)(F)F)c1cccc(-c2ccc(NC(=S)c3cccnc3)nc2)c1. The fourth-order valence-electron chi connectivity index (χ4n) is 2.43. The molecule has 3 aromatic rings. The largest absolute Gasteiger partial charge is 0.402 e. The molecule has 6 nitrogen and oxygen atoms in total. The summed E-state index contributed by atoms with van der Waals surface area (Å²) < 4.78 is 62.8. The summed E-state index contributed by atoms with van der Waals surface area (Å²) in [5, 5.41) is 2.97. The molecule has 30 heavy (non-hydrogen) atoms. The second-order valence-corrected chi connectivity index (χ2v) is 8.27. The Morgan fingerprint density at radius 3 is 2.47 bits per heavy atom. The van der Waals surface area contributed by atoms with Crippen LogP contribution >= 0.6 is 12.2 Å². The van der Waals surface area contributed by atoms with E-state index >= 15 is 0 Å². The smallest absolute Gasteiger partial charge is 0.331 e. The molecule has 0 aliphatic rings. The topological polar surface area (TPSA) is 84.0 Å². The maximum atomic E-state index is 12.3. The number of pyridine rings is 2. The van der Waals surface area contributed by atoms with Crippen molar-refractivity contribution in [2.45, 2.75) is 11.1 Å². The Labute approximate surface area is 176 Å². The normalized spacial score (nSPS) is 11.8. The Hall–Kier alpha value is -2.89. The summed E-state index contributed by atoms with van der Waals surface area (Å²) >= 11 is 5.29. The van der Waals surface area contributed by atoms with Crippen LogP contribution in [0.15, 0.2) is 72.0 Å². The fraction of sp³-hybridized carbons (Fsp3) is 0.105. The van der Waals surface area contributed by atoms with Crippen molar-refractivity contribution < 1.29 is 21.6 Å². The van der Waals surface area contributed by atoms with Crippen LogP contribution in [0.1, 0.15) is 5.56 Å². The van der Waals surface area contributed by atoms with Crippen molar-refractivity contribution in [2.24, 2.45) is 0 Å². The lowest BCUT2D eigenvalue weighted by Gasteiger charge is -2.11. The summed E-state index contributed by atoms with van der Waals surface area (Å²) in [6, 6.07) is 12.5. The zero-order valence-corrected chi connectivity index (χ0v) is 16.9. The first-order valence-corrected chi connectivity index (χ1v) is 10.4. The van der Waals surface area contributed by atoms with Gasteiger partial charge in [0.1, 0.15) is 17.4 Å². The van der Waals surface area contributed by atoms with E-state index in [2.05, 4.69) is 15.3 Å². The van der Waals surface area contributed by atoms with E-state index in [9.17, 15) is 21.6 Å². The number of hydrogen-bond donors (Lipinski definition) is 2. The Morgan fingerprint density at radius 2 is 1.83 bits per heavy atom. The highest BCUT2D eigenvalue weighted by atomic mass is 32.2. The van der Waals surface area contributed by atoms with E-state index in [1.165, 1.54) is 24.4 Å². The molecule has 0 unspecified atom stereocenters. The van der Waals surface area contributed by atoms with Gasteiger partial charge in [-0.25, -0.2) is 18.1 Å². The first kappa shape index (κ1) is 21.8. The number of nitrogens with zero attached hydrogens (tertiary/aromatic N) is 2. The van der Waals surface area contributed by atoms with E-state index < -0.39 is 22.7 Å². The van der Waals surface area contributed by atoms with E-state index in [0.717, 1.165) is 5.56 Å². The van der Waals surface area contributed by atoms with Crippen LogP contribution in [0.5, 0.6) is 0 Å². The van der Waals surface area contributed by atoms with Crippen molar-refractivity contribution >= 4 is 33.0 Å². The van der Waals surface area contributed by atoms with E-state index in [1.807, 2.05) is 0 Å². The second-order valence-electron chi connectivity index (χ2n) is 6.10. The number of rotatable bonds is 6. The fourth-order valence-corrected chi connectivity index (χ4v) is 3.71. The average Bonchev–Trinajstić information content (AvgIpc) is 2.73. The van der Waals surface area contributed by atoms with Crippen molar-refractivity contribution in [3.8, 4) is 11.1 Å². The molecule has 11 heteroatoms. The van der Waals surface area contributed by atoms with Gasteiger partial charge in [0, 0.05) is 29.7 Å². The molecule has 0 fully saturated rings. The lowest BCUT2D eigenvalue weighted by atomic mass is 10.1. The predicted octanol–water partition coefficient (Wildman–Crippen LogP) is 3.77. The first-order chi connectivity index (χ1) is 14.1. The molecule has 2 aromatic heterocycles. The van der Waals surface area contributed by atoms with Crippen LogP contribution in [0.4, 0.5) is 19.0 Å². The van der Waals surface area contributed by atoms with Gasteiger partial charge in [-0.1, -0.05) is 24.4 Å². The van der Waals surface area contributed by atoms with Crippen molar-refractivity contribution in [3.05, 3.63) is 72.7 Å².